The maximum absolute atomic E-state index is 13.3. The van der Waals surface area contributed by atoms with Crippen LogP contribution in [0.25, 0.3) is 0 Å². The molecule has 4 atom stereocenters. The highest BCUT2D eigenvalue weighted by Crippen LogP contribution is 2.42. The van der Waals surface area contributed by atoms with E-state index < -0.39 is 47.2 Å². The van der Waals surface area contributed by atoms with E-state index in [0.717, 1.165) is 6.92 Å². The van der Waals surface area contributed by atoms with Crippen LogP contribution >= 0.6 is 0 Å². The predicted octanol–water partition coefficient (Wildman–Crippen LogP) is 1.90. The zero-order valence-corrected chi connectivity index (χ0v) is 15.5. The van der Waals surface area contributed by atoms with Gasteiger partial charge in [-0.05, 0) is 19.4 Å². The van der Waals surface area contributed by atoms with Crippen LogP contribution in [0.5, 0.6) is 0 Å². The number of Topliss-reactive ketones (excluding diaryl/α,β-unsaturated/α-hetero) is 1. The zero-order chi connectivity index (χ0) is 19.8. The van der Waals surface area contributed by atoms with Crippen LogP contribution in [-0.2, 0) is 33.3 Å². The van der Waals surface area contributed by atoms with Crippen LogP contribution in [0.4, 0.5) is 0 Å². The van der Waals surface area contributed by atoms with Crippen LogP contribution in [0, 0.1) is 0 Å². The predicted molar refractivity (Wildman–Crippen MR) is 93.7 cm³/mol. The Balaban J connectivity index is 2.03. The molecule has 0 radical (unpaired) electrons. The van der Waals surface area contributed by atoms with E-state index in [1.54, 1.807) is 44.2 Å². The molecule has 2 heterocycles. The van der Waals surface area contributed by atoms with Crippen molar-refractivity contribution in [1.29, 1.82) is 0 Å². The SMILES string of the molecule is C=C[C@H](c1ccccc1)[C@@]1(OC(C)=O)C(=O)O[C@H]([C@@H]2COC(C)(C)O2)C1=O. The zero-order valence-electron chi connectivity index (χ0n) is 15.5. The third-order valence-electron chi connectivity index (χ3n) is 4.67. The molecule has 0 unspecified atom stereocenters. The van der Waals surface area contributed by atoms with Gasteiger partial charge in [0, 0.05) is 6.92 Å². The molecule has 0 aliphatic carbocycles. The van der Waals surface area contributed by atoms with Crippen molar-refractivity contribution in [3.8, 4) is 0 Å². The van der Waals surface area contributed by atoms with E-state index in [2.05, 4.69) is 6.58 Å². The summed E-state index contributed by atoms with van der Waals surface area (Å²) in [5.41, 5.74) is -1.54. The second kappa shape index (κ2) is 6.90. The van der Waals surface area contributed by atoms with Crippen LogP contribution in [-0.4, -0.2) is 47.9 Å². The maximum atomic E-state index is 13.3. The summed E-state index contributed by atoms with van der Waals surface area (Å²) in [6, 6.07) is 8.76. The summed E-state index contributed by atoms with van der Waals surface area (Å²) in [7, 11) is 0. The molecule has 1 aromatic rings. The Morgan fingerprint density at radius 3 is 2.48 bits per heavy atom. The molecule has 2 aliphatic rings. The minimum Gasteiger partial charge on any atom is -0.448 e. The number of rotatable bonds is 5. The van der Waals surface area contributed by atoms with E-state index in [0.29, 0.717) is 5.56 Å². The molecule has 144 valence electrons. The van der Waals surface area contributed by atoms with E-state index >= 15 is 0 Å². The molecule has 2 fully saturated rings. The number of cyclic esters (lactones) is 1. The highest BCUT2D eigenvalue weighted by Gasteiger charge is 2.66. The molecule has 3 rings (SSSR count). The number of carbonyl (C=O) groups is 3. The van der Waals surface area contributed by atoms with E-state index in [-0.39, 0.29) is 6.61 Å². The molecule has 0 aromatic heterocycles. The minimum atomic E-state index is -2.14. The molecule has 1 aromatic carbocycles. The molecule has 2 aliphatic heterocycles. The van der Waals surface area contributed by atoms with Gasteiger partial charge in [0.25, 0.3) is 5.60 Å². The van der Waals surface area contributed by atoms with Gasteiger partial charge in [-0.25, -0.2) is 4.79 Å². The van der Waals surface area contributed by atoms with Gasteiger partial charge in [-0.1, -0.05) is 36.4 Å². The average Bonchev–Trinajstić information content (AvgIpc) is 3.08. The quantitative estimate of drug-likeness (QED) is 0.442. The highest BCUT2D eigenvalue weighted by molar-refractivity contribution is 6.16. The van der Waals surface area contributed by atoms with Gasteiger partial charge in [0.15, 0.2) is 11.9 Å². The summed E-state index contributed by atoms with van der Waals surface area (Å²) in [4.78, 5) is 38.0. The summed E-state index contributed by atoms with van der Waals surface area (Å²) in [6.07, 6.45) is -0.602. The second-order valence-electron chi connectivity index (χ2n) is 7.01. The molecule has 0 amide bonds. The minimum absolute atomic E-state index is 0.0803. The molecule has 0 N–H and O–H groups in total. The van der Waals surface area contributed by atoms with Gasteiger partial charge >= 0.3 is 11.9 Å². The molecule has 2 saturated heterocycles. The Bertz CT molecular complexity index is 770. The molecule has 7 nitrogen and oxygen atoms in total. The van der Waals surface area contributed by atoms with Gasteiger partial charge in [0.1, 0.15) is 6.10 Å². The van der Waals surface area contributed by atoms with E-state index in [9.17, 15) is 14.4 Å². The molecule has 0 spiro atoms. The number of ketones is 1. The normalized spacial score (nSPS) is 30.6. The Hall–Kier alpha value is -2.51. The largest absolute Gasteiger partial charge is 0.448 e. The number of hydrogen-bond acceptors (Lipinski definition) is 7. The van der Waals surface area contributed by atoms with Crippen molar-refractivity contribution in [1.82, 2.24) is 0 Å². The first-order valence-corrected chi connectivity index (χ1v) is 8.65. The topological polar surface area (TPSA) is 88.1 Å². The standard InChI is InChI=1S/C20H22O7/c1-5-14(13-9-7-6-8-10-13)20(26-12(2)21)17(22)16(25-18(20)23)15-11-24-19(3,4)27-15/h5-10,14-16H,1,11H2,2-4H3/t14-,15+,16-,20+/m1/s1. The van der Waals surface area contributed by atoms with Crippen LogP contribution in [0.15, 0.2) is 43.0 Å². The summed E-state index contributed by atoms with van der Waals surface area (Å²) < 4.78 is 21.9. The second-order valence-corrected chi connectivity index (χ2v) is 7.01. The Morgan fingerprint density at radius 1 is 1.30 bits per heavy atom. The number of esters is 2. The smallest absolute Gasteiger partial charge is 0.360 e. The third kappa shape index (κ3) is 3.28. The fraction of sp³-hybridized carbons (Fsp3) is 0.450. The molecular formula is C20H22O7. The number of benzene rings is 1. The first kappa shape index (κ1) is 19.3. The Kier molecular flexibility index (Phi) is 4.92. The van der Waals surface area contributed by atoms with Crippen LogP contribution in [0.3, 0.4) is 0 Å². The Labute approximate surface area is 157 Å². The lowest BCUT2D eigenvalue weighted by atomic mass is 9.78. The molecule has 0 saturated carbocycles. The van der Waals surface area contributed by atoms with Crippen molar-refractivity contribution >= 4 is 17.7 Å². The van der Waals surface area contributed by atoms with Crippen molar-refractivity contribution in [2.75, 3.05) is 6.61 Å². The highest BCUT2D eigenvalue weighted by atomic mass is 16.8. The fourth-order valence-corrected chi connectivity index (χ4v) is 3.54. The lowest BCUT2D eigenvalue weighted by molar-refractivity contribution is -0.175. The van der Waals surface area contributed by atoms with Crippen LogP contribution in [0.1, 0.15) is 32.3 Å². The molecular weight excluding hydrogens is 352 g/mol. The number of carbonyl (C=O) groups excluding carboxylic acids is 3. The van der Waals surface area contributed by atoms with Crippen LogP contribution < -0.4 is 0 Å². The molecule has 27 heavy (non-hydrogen) atoms. The number of ether oxygens (including phenoxy) is 4. The fourth-order valence-electron chi connectivity index (χ4n) is 3.54. The van der Waals surface area contributed by atoms with Crippen molar-refractivity contribution in [2.45, 2.75) is 50.3 Å². The third-order valence-corrected chi connectivity index (χ3v) is 4.67. The summed E-state index contributed by atoms with van der Waals surface area (Å²) in [5, 5.41) is 0. The lowest BCUT2D eigenvalue weighted by Gasteiger charge is -2.30. The lowest BCUT2D eigenvalue weighted by Crippen LogP contribution is -2.52. The molecule has 7 heteroatoms. The van der Waals surface area contributed by atoms with Crippen molar-refractivity contribution in [3.05, 3.63) is 48.6 Å². The van der Waals surface area contributed by atoms with Gasteiger partial charge in [-0.15, -0.1) is 6.58 Å². The Morgan fingerprint density at radius 2 is 1.96 bits per heavy atom. The maximum Gasteiger partial charge on any atom is 0.360 e. The molecule has 0 bridgehead atoms. The van der Waals surface area contributed by atoms with Crippen molar-refractivity contribution in [2.24, 2.45) is 0 Å². The summed E-state index contributed by atoms with van der Waals surface area (Å²) >= 11 is 0. The average molecular weight is 374 g/mol. The van der Waals surface area contributed by atoms with E-state index in [1.807, 2.05) is 0 Å². The summed E-state index contributed by atoms with van der Waals surface area (Å²) in [5.74, 6) is -4.19. The van der Waals surface area contributed by atoms with E-state index in [4.69, 9.17) is 18.9 Å². The van der Waals surface area contributed by atoms with Crippen molar-refractivity contribution < 1.29 is 33.3 Å². The van der Waals surface area contributed by atoms with Gasteiger partial charge in [-0.2, -0.15) is 0 Å². The summed E-state index contributed by atoms with van der Waals surface area (Å²) in [6.45, 7) is 8.36. The van der Waals surface area contributed by atoms with E-state index in [1.165, 1.54) is 6.08 Å². The first-order valence-electron chi connectivity index (χ1n) is 8.65. The van der Waals surface area contributed by atoms with Crippen molar-refractivity contribution in [3.63, 3.8) is 0 Å². The monoisotopic (exact) mass is 374 g/mol. The van der Waals surface area contributed by atoms with Gasteiger partial charge in [0.05, 0.1) is 12.5 Å². The van der Waals surface area contributed by atoms with Gasteiger partial charge < -0.3 is 18.9 Å². The van der Waals surface area contributed by atoms with Gasteiger partial charge in [0.2, 0.25) is 5.78 Å². The number of hydrogen-bond donors (Lipinski definition) is 0. The van der Waals surface area contributed by atoms with Crippen LogP contribution in [0.2, 0.25) is 0 Å². The van der Waals surface area contributed by atoms with Gasteiger partial charge in [-0.3, -0.25) is 9.59 Å². The first-order chi connectivity index (χ1) is 12.7.